The van der Waals surface area contributed by atoms with Crippen molar-refractivity contribution in [2.45, 2.75) is 31.3 Å². The Hall–Kier alpha value is -1.01. The molecule has 0 spiro atoms. The first-order valence-corrected chi connectivity index (χ1v) is 7.05. The Bertz CT molecular complexity index is 538. The summed E-state index contributed by atoms with van der Waals surface area (Å²) in [5.41, 5.74) is 0.0149. The van der Waals surface area contributed by atoms with E-state index in [9.17, 15) is 13.6 Å². The molecule has 102 valence electrons. The van der Waals surface area contributed by atoms with Crippen LogP contribution in [0.3, 0.4) is 0 Å². The molecule has 1 aromatic rings. The molecule has 0 saturated carbocycles. The molecule has 2 heterocycles. The molecule has 0 aliphatic carbocycles. The van der Waals surface area contributed by atoms with Gasteiger partial charge in [-0.15, -0.1) is 0 Å². The van der Waals surface area contributed by atoms with E-state index in [1.807, 2.05) is 0 Å². The van der Waals surface area contributed by atoms with Crippen LogP contribution in [0.1, 0.15) is 19.3 Å². The van der Waals surface area contributed by atoms with Gasteiger partial charge in [-0.1, -0.05) is 0 Å². The molecule has 3 atom stereocenters. The molecule has 2 aliphatic rings. The van der Waals surface area contributed by atoms with E-state index in [2.05, 4.69) is 26.6 Å². The van der Waals surface area contributed by atoms with Crippen LogP contribution in [-0.4, -0.2) is 18.0 Å². The fraction of sp³-hybridized carbons (Fsp3) is 0.462. The van der Waals surface area contributed by atoms with Gasteiger partial charge in [0.05, 0.1) is 16.1 Å². The largest absolute Gasteiger partial charge is 0.323 e. The Kier molecular flexibility index (Phi) is 3.30. The molecule has 2 fully saturated rings. The minimum Gasteiger partial charge on any atom is -0.323 e. The van der Waals surface area contributed by atoms with Crippen molar-refractivity contribution in [3.63, 3.8) is 0 Å². The SMILES string of the molecule is O=C(Nc1cc(Br)c(F)cc1F)C1CC2CCC1N2. The van der Waals surface area contributed by atoms with Gasteiger partial charge in [-0.2, -0.15) is 0 Å². The van der Waals surface area contributed by atoms with Crippen molar-refractivity contribution in [1.29, 1.82) is 0 Å². The molecule has 0 aromatic heterocycles. The van der Waals surface area contributed by atoms with E-state index in [-0.39, 0.29) is 28.0 Å². The highest BCUT2D eigenvalue weighted by Gasteiger charge is 2.42. The smallest absolute Gasteiger partial charge is 0.229 e. The molecule has 2 N–H and O–H groups in total. The van der Waals surface area contributed by atoms with Crippen LogP contribution in [0.2, 0.25) is 0 Å². The Labute approximate surface area is 117 Å². The Morgan fingerprint density at radius 2 is 2.11 bits per heavy atom. The van der Waals surface area contributed by atoms with Crippen LogP contribution in [0.5, 0.6) is 0 Å². The van der Waals surface area contributed by atoms with Gasteiger partial charge < -0.3 is 10.6 Å². The highest BCUT2D eigenvalue weighted by atomic mass is 79.9. The van der Waals surface area contributed by atoms with Gasteiger partial charge in [0.15, 0.2) is 0 Å². The number of hydrogen-bond acceptors (Lipinski definition) is 2. The highest BCUT2D eigenvalue weighted by Crippen LogP contribution is 2.34. The average Bonchev–Trinajstić information content (AvgIpc) is 2.98. The number of carbonyl (C=O) groups excluding carboxylic acids is 1. The number of carbonyl (C=O) groups is 1. The zero-order valence-corrected chi connectivity index (χ0v) is 11.6. The maximum absolute atomic E-state index is 13.6. The van der Waals surface area contributed by atoms with E-state index in [4.69, 9.17) is 0 Å². The molecule has 1 amide bonds. The van der Waals surface area contributed by atoms with Gasteiger partial charge in [0.2, 0.25) is 5.91 Å². The minimum atomic E-state index is -0.759. The first-order valence-electron chi connectivity index (χ1n) is 6.26. The molecule has 6 heteroatoms. The van der Waals surface area contributed by atoms with Crippen LogP contribution < -0.4 is 10.6 Å². The standard InChI is InChI=1S/C13H13BrF2N2O/c14-8-4-12(10(16)5-9(8)15)18-13(19)7-3-6-1-2-11(7)17-6/h4-7,11,17H,1-3H2,(H,18,19). The van der Waals surface area contributed by atoms with E-state index in [1.165, 1.54) is 6.07 Å². The first kappa shape index (κ1) is 13.0. The van der Waals surface area contributed by atoms with Crippen LogP contribution in [0.4, 0.5) is 14.5 Å². The van der Waals surface area contributed by atoms with Gasteiger partial charge in [-0.3, -0.25) is 4.79 Å². The Balaban J connectivity index is 1.75. The van der Waals surface area contributed by atoms with Crippen molar-refractivity contribution in [3.05, 3.63) is 28.2 Å². The number of hydrogen-bond donors (Lipinski definition) is 2. The molecule has 2 aliphatic heterocycles. The predicted octanol–water partition coefficient (Wildman–Crippen LogP) is 2.81. The lowest BCUT2D eigenvalue weighted by molar-refractivity contribution is -0.120. The number of fused-ring (bicyclic) bond motifs is 2. The van der Waals surface area contributed by atoms with Crippen LogP contribution in [-0.2, 0) is 4.79 Å². The van der Waals surface area contributed by atoms with E-state index < -0.39 is 11.6 Å². The lowest BCUT2D eigenvalue weighted by Crippen LogP contribution is -2.33. The quantitative estimate of drug-likeness (QED) is 0.819. The third-order valence-corrected chi connectivity index (χ3v) is 4.51. The van der Waals surface area contributed by atoms with E-state index in [1.54, 1.807) is 0 Å². The number of rotatable bonds is 2. The van der Waals surface area contributed by atoms with Crippen molar-refractivity contribution >= 4 is 27.5 Å². The number of benzene rings is 1. The summed E-state index contributed by atoms with van der Waals surface area (Å²) < 4.78 is 26.8. The Morgan fingerprint density at radius 1 is 1.32 bits per heavy atom. The van der Waals surface area contributed by atoms with Gasteiger partial charge in [-0.05, 0) is 41.3 Å². The van der Waals surface area contributed by atoms with Crippen molar-refractivity contribution in [2.24, 2.45) is 5.92 Å². The van der Waals surface area contributed by atoms with Crippen molar-refractivity contribution in [2.75, 3.05) is 5.32 Å². The fourth-order valence-electron chi connectivity index (χ4n) is 2.96. The lowest BCUT2D eigenvalue weighted by atomic mass is 9.88. The molecule has 3 nitrogen and oxygen atoms in total. The molecule has 2 bridgehead atoms. The average molecular weight is 331 g/mol. The van der Waals surface area contributed by atoms with Gasteiger partial charge in [-0.25, -0.2) is 8.78 Å². The zero-order valence-electron chi connectivity index (χ0n) is 10.1. The zero-order chi connectivity index (χ0) is 13.6. The number of anilines is 1. The molecule has 19 heavy (non-hydrogen) atoms. The molecular weight excluding hydrogens is 318 g/mol. The van der Waals surface area contributed by atoms with Crippen LogP contribution in [0, 0.1) is 17.6 Å². The number of halogens is 3. The lowest BCUT2D eigenvalue weighted by Gasteiger charge is -2.19. The number of nitrogens with one attached hydrogen (secondary N) is 2. The second kappa shape index (κ2) is 4.83. The summed E-state index contributed by atoms with van der Waals surface area (Å²) in [5.74, 6) is -1.76. The van der Waals surface area contributed by atoms with E-state index >= 15 is 0 Å². The second-order valence-electron chi connectivity index (χ2n) is 5.13. The van der Waals surface area contributed by atoms with Crippen LogP contribution in [0.25, 0.3) is 0 Å². The Morgan fingerprint density at radius 3 is 2.74 bits per heavy atom. The fourth-order valence-corrected chi connectivity index (χ4v) is 3.30. The second-order valence-corrected chi connectivity index (χ2v) is 5.98. The predicted molar refractivity (Wildman–Crippen MR) is 70.7 cm³/mol. The monoisotopic (exact) mass is 330 g/mol. The van der Waals surface area contributed by atoms with Crippen molar-refractivity contribution < 1.29 is 13.6 Å². The summed E-state index contributed by atoms with van der Waals surface area (Å²) in [4.78, 5) is 12.1. The topological polar surface area (TPSA) is 41.1 Å². The summed E-state index contributed by atoms with van der Waals surface area (Å²) in [6.45, 7) is 0. The first-order chi connectivity index (χ1) is 9.04. The summed E-state index contributed by atoms with van der Waals surface area (Å²) in [5, 5.41) is 5.91. The molecule has 3 unspecified atom stereocenters. The summed E-state index contributed by atoms with van der Waals surface area (Å²) in [6, 6.07) is 2.62. The third-order valence-electron chi connectivity index (χ3n) is 3.90. The molecular formula is C13H13BrF2N2O. The third kappa shape index (κ3) is 2.39. The summed E-state index contributed by atoms with van der Waals surface area (Å²) in [7, 11) is 0. The normalized spacial score (nSPS) is 28.7. The molecule has 1 aromatic carbocycles. The number of amides is 1. The van der Waals surface area contributed by atoms with Crippen molar-refractivity contribution in [1.82, 2.24) is 5.32 Å². The van der Waals surface area contributed by atoms with Gasteiger partial charge in [0.1, 0.15) is 11.6 Å². The summed E-state index contributed by atoms with van der Waals surface area (Å²) >= 11 is 2.98. The maximum Gasteiger partial charge on any atom is 0.229 e. The maximum atomic E-state index is 13.6. The van der Waals surface area contributed by atoms with Crippen LogP contribution in [0.15, 0.2) is 16.6 Å². The highest BCUT2D eigenvalue weighted by molar-refractivity contribution is 9.10. The van der Waals surface area contributed by atoms with Crippen LogP contribution >= 0.6 is 15.9 Å². The van der Waals surface area contributed by atoms with E-state index in [0.29, 0.717) is 6.04 Å². The molecule has 2 saturated heterocycles. The molecule has 0 radical (unpaired) electrons. The molecule has 3 rings (SSSR count). The van der Waals surface area contributed by atoms with Gasteiger partial charge in [0.25, 0.3) is 0 Å². The van der Waals surface area contributed by atoms with Gasteiger partial charge >= 0.3 is 0 Å². The van der Waals surface area contributed by atoms with E-state index in [0.717, 1.165) is 25.3 Å². The van der Waals surface area contributed by atoms with Gasteiger partial charge in [0, 0.05) is 18.2 Å². The minimum absolute atomic E-state index is 0.0149. The summed E-state index contributed by atoms with van der Waals surface area (Å²) in [6.07, 6.45) is 2.88. The van der Waals surface area contributed by atoms with Crippen molar-refractivity contribution in [3.8, 4) is 0 Å².